The van der Waals surface area contributed by atoms with E-state index in [1.165, 1.54) is 12.1 Å². The SMILES string of the molecule is CN1CCOC(C(O)Cc2ccc(F)cc2F)C1. The van der Waals surface area contributed by atoms with E-state index in [2.05, 4.69) is 4.90 Å². The quantitative estimate of drug-likeness (QED) is 0.883. The van der Waals surface area contributed by atoms with Gasteiger partial charge in [0, 0.05) is 25.6 Å². The van der Waals surface area contributed by atoms with Crippen LogP contribution in [0.4, 0.5) is 8.78 Å². The number of aliphatic hydroxyl groups excluding tert-OH is 1. The highest BCUT2D eigenvalue weighted by atomic mass is 19.1. The topological polar surface area (TPSA) is 32.7 Å². The molecule has 3 nitrogen and oxygen atoms in total. The molecule has 18 heavy (non-hydrogen) atoms. The molecular formula is C13H17F2NO2. The molecule has 1 aromatic carbocycles. The van der Waals surface area contributed by atoms with Gasteiger partial charge in [-0.1, -0.05) is 6.07 Å². The zero-order chi connectivity index (χ0) is 13.1. The third-order valence-electron chi connectivity index (χ3n) is 3.17. The van der Waals surface area contributed by atoms with Gasteiger partial charge in [-0.05, 0) is 18.7 Å². The highest BCUT2D eigenvalue weighted by molar-refractivity contribution is 5.19. The van der Waals surface area contributed by atoms with Gasteiger partial charge in [0.15, 0.2) is 0 Å². The number of ether oxygens (including phenoxy) is 1. The van der Waals surface area contributed by atoms with Crippen LogP contribution in [0.15, 0.2) is 18.2 Å². The Hall–Kier alpha value is -1.04. The van der Waals surface area contributed by atoms with Crippen LogP contribution in [0.25, 0.3) is 0 Å². The Morgan fingerprint density at radius 1 is 1.50 bits per heavy atom. The summed E-state index contributed by atoms with van der Waals surface area (Å²) < 4.78 is 31.7. The second-order valence-electron chi connectivity index (χ2n) is 4.68. The van der Waals surface area contributed by atoms with Crippen LogP contribution in [0.5, 0.6) is 0 Å². The minimum absolute atomic E-state index is 0.130. The van der Waals surface area contributed by atoms with E-state index >= 15 is 0 Å². The molecule has 2 unspecified atom stereocenters. The number of rotatable bonds is 3. The molecule has 1 N–H and O–H groups in total. The van der Waals surface area contributed by atoms with E-state index in [-0.39, 0.29) is 12.5 Å². The summed E-state index contributed by atoms with van der Waals surface area (Å²) in [5.74, 6) is -1.24. The normalized spacial score (nSPS) is 23.0. The van der Waals surface area contributed by atoms with Crippen LogP contribution in [0.2, 0.25) is 0 Å². The molecule has 1 heterocycles. The third-order valence-corrected chi connectivity index (χ3v) is 3.17. The highest BCUT2D eigenvalue weighted by Gasteiger charge is 2.26. The van der Waals surface area contributed by atoms with Gasteiger partial charge in [-0.2, -0.15) is 0 Å². The van der Waals surface area contributed by atoms with E-state index in [0.29, 0.717) is 18.7 Å². The first-order valence-corrected chi connectivity index (χ1v) is 5.98. The molecule has 0 spiro atoms. The van der Waals surface area contributed by atoms with Gasteiger partial charge in [-0.3, -0.25) is 0 Å². The molecule has 1 aliphatic rings. The Morgan fingerprint density at radius 3 is 2.94 bits per heavy atom. The second-order valence-corrected chi connectivity index (χ2v) is 4.68. The minimum atomic E-state index is -0.785. The van der Waals surface area contributed by atoms with Crippen molar-refractivity contribution in [3.8, 4) is 0 Å². The van der Waals surface area contributed by atoms with Crippen LogP contribution in [-0.2, 0) is 11.2 Å². The summed E-state index contributed by atoms with van der Waals surface area (Å²) in [6.45, 7) is 2.00. The van der Waals surface area contributed by atoms with Crippen molar-refractivity contribution in [2.75, 3.05) is 26.7 Å². The van der Waals surface area contributed by atoms with Crippen LogP contribution >= 0.6 is 0 Å². The molecule has 0 radical (unpaired) electrons. The van der Waals surface area contributed by atoms with Crippen molar-refractivity contribution in [2.45, 2.75) is 18.6 Å². The number of aliphatic hydroxyl groups is 1. The lowest BCUT2D eigenvalue weighted by molar-refractivity contribution is -0.0825. The molecule has 100 valence electrons. The van der Waals surface area contributed by atoms with Crippen molar-refractivity contribution in [1.82, 2.24) is 4.90 Å². The summed E-state index contributed by atoms with van der Waals surface area (Å²) in [5.41, 5.74) is 0.306. The van der Waals surface area contributed by atoms with Gasteiger partial charge in [0.05, 0.1) is 18.8 Å². The lowest BCUT2D eigenvalue weighted by Gasteiger charge is -2.33. The van der Waals surface area contributed by atoms with E-state index < -0.39 is 17.7 Å². The molecule has 0 saturated carbocycles. The minimum Gasteiger partial charge on any atom is -0.390 e. The monoisotopic (exact) mass is 257 g/mol. The number of morpholine rings is 1. The predicted molar refractivity (Wildman–Crippen MR) is 63.3 cm³/mol. The first-order valence-electron chi connectivity index (χ1n) is 5.98. The van der Waals surface area contributed by atoms with E-state index in [1.54, 1.807) is 0 Å². The van der Waals surface area contributed by atoms with Crippen molar-refractivity contribution in [3.05, 3.63) is 35.4 Å². The van der Waals surface area contributed by atoms with E-state index in [1.807, 2.05) is 7.05 Å². The third kappa shape index (κ3) is 3.25. The molecule has 0 aliphatic carbocycles. The summed E-state index contributed by atoms with van der Waals surface area (Å²) in [6.07, 6.45) is -0.981. The molecule has 1 saturated heterocycles. The van der Waals surface area contributed by atoms with Gasteiger partial charge in [-0.15, -0.1) is 0 Å². The molecule has 1 aromatic rings. The fraction of sp³-hybridized carbons (Fsp3) is 0.538. The summed E-state index contributed by atoms with van der Waals surface area (Å²) in [6, 6.07) is 3.38. The maximum atomic E-state index is 13.5. The standard InChI is InChI=1S/C13H17F2NO2/c1-16-4-5-18-13(8-16)12(17)6-9-2-3-10(14)7-11(9)15/h2-3,7,12-13,17H,4-6,8H2,1H3. The van der Waals surface area contributed by atoms with Crippen LogP contribution in [0, 0.1) is 11.6 Å². The Morgan fingerprint density at radius 2 is 2.28 bits per heavy atom. The molecule has 0 aromatic heterocycles. The summed E-state index contributed by atoms with van der Waals surface area (Å²) in [5, 5.41) is 10.0. The van der Waals surface area contributed by atoms with Crippen molar-refractivity contribution in [3.63, 3.8) is 0 Å². The zero-order valence-electron chi connectivity index (χ0n) is 10.3. The fourth-order valence-corrected chi connectivity index (χ4v) is 2.09. The van der Waals surface area contributed by atoms with Crippen LogP contribution in [0.1, 0.15) is 5.56 Å². The van der Waals surface area contributed by atoms with Crippen LogP contribution in [-0.4, -0.2) is 49.0 Å². The lowest BCUT2D eigenvalue weighted by Crippen LogP contribution is -2.46. The lowest BCUT2D eigenvalue weighted by atomic mass is 10.0. The zero-order valence-corrected chi connectivity index (χ0v) is 10.3. The molecule has 1 fully saturated rings. The van der Waals surface area contributed by atoms with Crippen molar-refractivity contribution in [2.24, 2.45) is 0 Å². The average molecular weight is 257 g/mol. The van der Waals surface area contributed by atoms with Crippen LogP contribution in [0.3, 0.4) is 0 Å². The number of benzene rings is 1. The summed E-state index contributed by atoms with van der Waals surface area (Å²) in [7, 11) is 1.95. The molecule has 2 rings (SSSR count). The van der Waals surface area contributed by atoms with Gasteiger partial charge >= 0.3 is 0 Å². The van der Waals surface area contributed by atoms with Gasteiger partial charge in [0.25, 0.3) is 0 Å². The first kappa shape index (κ1) is 13.4. The van der Waals surface area contributed by atoms with Crippen molar-refractivity contribution < 1.29 is 18.6 Å². The number of likely N-dealkylation sites (N-methyl/N-ethyl adjacent to an activating group) is 1. The molecule has 5 heteroatoms. The Balaban J connectivity index is 1.99. The second kappa shape index (κ2) is 5.73. The van der Waals surface area contributed by atoms with Gasteiger partial charge < -0.3 is 14.7 Å². The molecule has 2 atom stereocenters. The largest absolute Gasteiger partial charge is 0.390 e. The van der Waals surface area contributed by atoms with Crippen LogP contribution < -0.4 is 0 Å². The predicted octanol–water partition coefficient (Wildman–Crippen LogP) is 1.20. The number of nitrogens with zero attached hydrogens (tertiary/aromatic N) is 1. The summed E-state index contributed by atoms with van der Waals surface area (Å²) in [4.78, 5) is 2.05. The molecule has 1 aliphatic heterocycles. The molecule has 0 amide bonds. The molecular weight excluding hydrogens is 240 g/mol. The Bertz CT molecular complexity index is 414. The van der Waals surface area contributed by atoms with E-state index in [0.717, 1.165) is 12.6 Å². The number of hydrogen-bond acceptors (Lipinski definition) is 3. The Kier molecular flexibility index (Phi) is 4.27. The fourth-order valence-electron chi connectivity index (χ4n) is 2.09. The maximum absolute atomic E-state index is 13.5. The first-order chi connectivity index (χ1) is 8.56. The smallest absolute Gasteiger partial charge is 0.129 e. The van der Waals surface area contributed by atoms with Gasteiger partial charge in [-0.25, -0.2) is 8.78 Å². The highest BCUT2D eigenvalue weighted by Crippen LogP contribution is 2.16. The van der Waals surface area contributed by atoms with Crippen molar-refractivity contribution in [1.29, 1.82) is 0 Å². The van der Waals surface area contributed by atoms with Crippen molar-refractivity contribution >= 4 is 0 Å². The molecule has 0 bridgehead atoms. The van der Waals surface area contributed by atoms with E-state index in [9.17, 15) is 13.9 Å². The van der Waals surface area contributed by atoms with Gasteiger partial charge in [0.2, 0.25) is 0 Å². The van der Waals surface area contributed by atoms with E-state index in [4.69, 9.17) is 4.74 Å². The Labute approximate surface area is 105 Å². The number of halogens is 2. The summed E-state index contributed by atoms with van der Waals surface area (Å²) >= 11 is 0. The average Bonchev–Trinajstić information content (AvgIpc) is 2.32. The maximum Gasteiger partial charge on any atom is 0.129 e. The number of hydrogen-bond donors (Lipinski definition) is 1. The van der Waals surface area contributed by atoms with Gasteiger partial charge in [0.1, 0.15) is 11.6 Å².